The molecule has 1 rings (SSSR count). The molecule has 0 aliphatic carbocycles. The van der Waals surface area contributed by atoms with E-state index in [2.05, 4.69) is 19.5 Å². The Morgan fingerprint density at radius 2 is 2.29 bits per heavy atom. The van der Waals surface area contributed by atoms with Crippen LogP contribution < -0.4 is 5.46 Å². The third kappa shape index (κ3) is 2.55. The van der Waals surface area contributed by atoms with Crippen molar-refractivity contribution < 1.29 is 4.74 Å². The van der Waals surface area contributed by atoms with Gasteiger partial charge in [0.1, 0.15) is 0 Å². The molecule has 0 spiro atoms. The van der Waals surface area contributed by atoms with E-state index in [9.17, 15) is 0 Å². The molecule has 0 amide bonds. The van der Waals surface area contributed by atoms with Gasteiger partial charge >= 0.3 is 0 Å². The Morgan fingerprint density at radius 3 is 2.86 bits per heavy atom. The molecule has 1 N–H and O–H groups in total. The van der Waals surface area contributed by atoms with E-state index in [0.29, 0.717) is 6.61 Å². The zero-order valence-electron chi connectivity index (χ0n) is 8.50. The van der Waals surface area contributed by atoms with Crippen LogP contribution in [-0.4, -0.2) is 19.8 Å². The minimum Gasteiger partial charge on any atom is -0.478 e. The molecule has 4 heteroatoms. The molecular weight excluding hydrogens is 193 g/mol. The van der Waals surface area contributed by atoms with E-state index in [0.717, 1.165) is 23.2 Å². The average molecular weight is 207 g/mol. The molecule has 1 aromatic rings. The quantitative estimate of drug-likeness (QED) is 0.334. The lowest BCUT2D eigenvalue weighted by Crippen LogP contribution is -2.16. The van der Waals surface area contributed by atoms with Gasteiger partial charge in [0.15, 0.2) is 7.28 Å². The van der Waals surface area contributed by atoms with Crippen LogP contribution in [0.15, 0.2) is 23.1 Å². The number of benzene rings is 1. The van der Waals surface area contributed by atoms with Crippen molar-refractivity contribution in [3.8, 4) is 0 Å². The maximum absolute atomic E-state index is 7.62. The monoisotopic (exact) mass is 207 g/mol. The van der Waals surface area contributed by atoms with Crippen LogP contribution >= 0.6 is 12.6 Å². The Morgan fingerprint density at radius 1 is 1.57 bits per heavy atom. The van der Waals surface area contributed by atoms with Crippen LogP contribution in [0, 0.1) is 5.41 Å². The first kappa shape index (κ1) is 11.2. The summed E-state index contributed by atoms with van der Waals surface area (Å²) in [5.41, 5.74) is 1.97. The van der Waals surface area contributed by atoms with E-state index in [4.69, 9.17) is 10.1 Å². The average Bonchev–Trinajstić information content (AvgIpc) is 2.19. The molecule has 0 unspecified atom stereocenters. The Labute approximate surface area is 90.8 Å². The van der Waals surface area contributed by atoms with E-state index in [1.807, 2.05) is 25.1 Å². The van der Waals surface area contributed by atoms with Crippen molar-refractivity contribution in [3.05, 3.63) is 23.8 Å². The number of thiol groups is 1. The highest BCUT2D eigenvalue weighted by Gasteiger charge is 2.04. The first-order valence-electron chi connectivity index (χ1n) is 4.72. The lowest BCUT2D eigenvalue weighted by molar-refractivity contribution is 0.325. The Bertz CT molecular complexity index is 341. The number of rotatable bonds is 3. The third-order valence-electron chi connectivity index (χ3n) is 2.01. The summed E-state index contributed by atoms with van der Waals surface area (Å²) < 4.78 is 5.13. The highest BCUT2D eigenvalue weighted by Crippen LogP contribution is 2.06. The van der Waals surface area contributed by atoms with Crippen molar-refractivity contribution in [3.63, 3.8) is 0 Å². The molecule has 74 valence electrons. The first-order valence-corrected chi connectivity index (χ1v) is 5.17. The van der Waals surface area contributed by atoms with Gasteiger partial charge in [-0.25, -0.2) is 0 Å². The molecule has 0 radical (unpaired) electrons. The minimum absolute atomic E-state index is 0.232. The number of ether oxygens (including phenoxy) is 1. The second-order valence-corrected chi connectivity index (χ2v) is 3.44. The van der Waals surface area contributed by atoms with Gasteiger partial charge in [-0.3, -0.25) is 5.41 Å². The molecule has 2 nitrogen and oxygen atoms in total. The van der Waals surface area contributed by atoms with Crippen molar-refractivity contribution in [1.29, 1.82) is 5.41 Å². The van der Waals surface area contributed by atoms with Crippen LogP contribution in [0.25, 0.3) is 0 Å². The molecule has 14 heavy (non-hydrogen) atoms. The fourth-order valence-corrected chi connectivity index (χ4v) is 1.53. The highest BCUT2D eigenvalue weighted by molar-refractivity contribution is 7.80. The molecule has 0 atom stereocenters. The van der Waals surface area contributed by atoms with Crippen molar-refractivity contribution in [2.24, 2.45) is 0 Å². The maximum atomic E-state index is 7.62. The van der Waals surface area contributed by atoms with Crippen molar-refractivity contribution in [2.45, 2.75) is 18.6 Å². The molecule has 0 saturated heterocycles. The predicted octanol–water partition coefficient (Wildman–Crippen LogP) is 1.45. The summed E-state index contributed by atoms with van der Waals surface area (Å²) in [6, 6.07) is 5.73. The first-order chi connectivity index (χ1) is 6.69. The van der Waals surface area contributed by atoms with E-state index in [-0.39, 0.29) is 5.90 Å². The predicted molar refractivity (Wildman–Crippen MR) is 64.8 cm³/mol. The van der Waals surface area contributed by atoms with Crippen LogP contribution in [-0.2, 0) is 4.74 Å². The highest BCUT2D eigenvalue weighted by atomic mass is 32.1. The fraction of sp³-hybridized carbons (Fsp3) is 0.300. The van der Waals surface area contributed by atoms with E-state index < -0.39 is 0 Å². The van der Waals surface area contributed by atoms with Gasteiger partial charge in [-0.05, 0) is 24.0 Å². The second-order valence-electron chi connectivity index (χ2n) is 2.96. The summed E-state index contributed by atoms with van der Waals surface area (Å²) >= 11 is 4.33. The molecule has 0 aliphatic rings. The lowest BCUT2D eigenvalue weighted by atomic mass is 9.73. The minimum atomic E-state index is 0.232. The van der Waals surface area contributed by atoms with Crippen LogP contribution in [0.1, 0.15) is 12.5 Å². The zero-order valence-corrected chi connectivity index (χ0v) is 9.40. The van der Waals surface area contributed by atoms with Gasteiger partial charge in [0, 0.05) is 5.56 Å². The largest absolute Gasteiger partial charge is 0.478 e. The summed E-state index contributed by atoms with van der Waals surface area (Å²) in [5.74, 6) is 0.232. The topological polar surface area (TPSA) is 33.1 Å². The Kier molecular flexibility index (Phi) is 4.07. The molecule has 0 heterocycles. The van der Waals surface area contributed by atoms with Gasteiger partial charge in [-0.15, -0.1) is 12.6 Å². The smallest absolute Gasteiger partial charge is 0.213 e. The van der Waals surface area contributed by atoms with E-state index in [1.165, 1.54) is 0 Å². The van der Waals surface area contributed by atoms with Gasteiger partial charge in [0.2, 0.25) is 5.90 Å². The summed E-state index contributed by atoms with van der Waals surface area (Å²) in [7, 11) is 0.923. The third-order valence-corrected chi connectivity index (χ3v) is 2.45. The van der Waals surface area contributed by atoms with Crippen LogP contribution in [0.4, 0.5) is 0 Å². The summed E-state index contributed by atoms with van der Waals surface area (Å²) in [4.78, 5) is 0.973. The Hall–Kier alpha value is -0.895. The van der Waals surface area contributed by atoms with Gasteiger partial charge in [0.05, 0.1) is 6.61 Å². The molecule has 0 fully saturated rings. The van der Waals surface area contributed by atoms with Crippen molar-refractivity contribution in [1.82, 2.24) is 0 Å². The zero-order chi connectivity index (χ0) is 10.6. The lowest BCUT2D eigenvalue weighted by Gasteiger charge is -2.07. The summed E-state index contributed by atoms with van der Waals surface area (Å²) in [6.07, 6.45) is 0. The van der Waals surface area contributed by atoms with E-state index >= 15 is 0 Å². The fourth-order valence-electron chi connectivity index (χ4n) is 1.24. The van der Waals surface area contributed by atoms with Crippen LogP contribution in [0.5, 0.6) is 0 Å². The molecule has 1 aromatic carbocycles. The summed E-state index contributed by atoms with van der Waals surface area (Å²) in [6.45, 7) is 4.48. The molecule has 0 aromatic heterocycles. The Balaban J connectivity index is 2.94. The molecule has 0 bridgehead atoms. The number of hydrogen-bond donors (Lipinski definition) is 2. The van der Waals surface area contributed by atoms with Crippen LogP contribution in [0.3, 0.4) is 0 Å². The normalized spacial score (nSPS) is 9.64. The number of hydrogen-bond acceptors (Lipinski definition) is 3. The van der Waals surface area contributed by atoms with Crippen LogP contribution in [0.2, 0.25) is 6.82 Å². The van der Waals surface area contributed by atoms with Gasteiger partial charge < -0.3 is 4.74 Å². The maximum Gasteiger partial charge on any atom is 0.213 e. The SMILES string of the molecule is CBc1cc(C(=N)OCC)ccc1S. The van der Waals surface area contributed by atoms with Crippen molar-refractivity contribution >= 4 is 31.3 Å². The number of nitrogens with one attached hydrogen (secondary N) is 1. The standard InChI is InChI=1S/C10H14BNOS/c1-3-13-10(12)7-4-5-9(14)8(6-7)11-2/h4-6,11-12,14H,3H2,1-2H3. The second kappa shape index (κ2) is 5.10. The molecular formula is C10H14BNOS. The van der Waals surface area contributed by atoms with Gasteiger partial charge in [-0.1, -0.05) is 18.4 Å². The van der Waals surface area contributed by atoms with E-state index in [1.54, 1.807) is 0 Å². The van der Waals surface area contributed by atoms with Gasteiger partial charge in [-0.2, -0.15) is 0 Å². The summed E-state index contributed by atoms with van der Waals surface area (Å²) in [5, 5.41) is 7.62. The van der Waals surface area contributed by atoms with Gasteiger partial charge in [0.25, 0.3) is 0 Å². The molecule has 0 aliphatic heterocycles. The molecule has 0 saturated carbocycles. The van der Waals surface area contributed by atoms with Crippen molar-refractivity contribution in [2.75, 3.05) is 6.61 Å².